The maximum absolute atomic E-state index is 6.47. The predicted octanol–water partition coefficient (Wildman–Crippen LogP) is 15.2. The Kier molecular flexibility index (Phi) is 7.54. The van der Waals surface area contributed by atoms with Crippen LogP contribution in [-0.4, -0.2) is 9.55 Å². The Morgan fingerprint density at radius 1 is 0.483 bits per heavy atom. The van der Waals surface area contributed by atoms with E-state index in [9.17, 15) is 0 Å². The molecule has 0 atom stereocenters. The summed E-state index contributed by atoms with van der Waals surface area (Å²) < 4.78 is 8.86. The summed E-state index contributed by atoms with van der Waals surface area (Å²) in [4.78, 5) is 7.30. The average Bonchev–Trinajstić information content (AvgIpc) is 3.96. The van der Waals surface area contributed by atoms with Crippen molar-refractivity contribution in [3.8, 4) is 39.4 Å². The normalized spacial score (nSPS) is 13.0. The highest BCUT2D eigenvalue weighted by Gasteiger charge is 2.36. The molecule has 0 aliphatic heterocycles. The maximum atomic E-state index is 6.47. The van der Waals surface area contributed by atoms with Gasteiger partial charge in [-0.3, -0.25) is 0 Å². The van der Waals surface area contributed by atoms with E-state index in [0.717, 1.165) is 50.5 Å². The van der Waals surface area contributed by atoms with Crippen molar-refractivity contribution in [3.63, 3.8) is 0 Å². The van der Waals surface area contributed by atoms with Gasteiger partial charge in [0.2, 0.25) is 5.89 Å². The number of rotatable bonds is 6. The molecular weight excluding hydrogens is 731 g/mol. The standard InChI is InChI=1S/C56H39N3O/c1-56(2)47-23-11-9-19-42(47)43-32-31-40(35-48(43)56)58(39-29-27-36(28-30-39)41-21-13-24-49-54(41)60-55(57-49)37-15-5-3-6-16-37)50-26-14-22-45-44(50)33-34-52-53(45)46-20-10-12-25-51(46)59(52)38-17-7-4-8-18-38/h3-35H,1-2H3. The number of hydrogen-bond acceptors (Lipinski definition) is 3. The van der Waals surface area contributed by atoms with E-state index in [1.54, 1.807) is 0 Å². The summed E-state index contributed by atoms with van der Waals surface area (Å²) in [6, 6.07) is 72.0. The van der Waals surface area contributed by atoms with Crippen molar-refractivity contribution in [3.05, 3.63) is 211 Å². The molecule has 284 valence electrons. The molecule has 2 heterocycles. The lowest BCUT2D eigenvalue weighted by Gasteiger charge is -2.29. The van der Waals surface area contributed by atoms with Crippen molar-refractivity contribution < 1.29 is 4.42 Å². The molecule has 0 saturated carbocycles. The van der Waals surface area contributed by atoms with Crippen LogP contribution in [0.25, 0.3) is 83.1 Å². The fraction of sp³-hybridized carbons (Fsp3) is 0.0536. The van der Waals surface area contributed by atoms with Crippen molar-refractivity contribution in [2.24, 2.45) is 0 Å². The highest BCUT2D eigenvalue weighted by Crippen LogP contribution is 2.51. The second kappa shape index (κ2) is 13.2. The SMILES string of the molecule is CC1(C)c2ccccc2-c2ccc(N(c3ccc(-c4cccc5nc(-c6ccccc6)oc45)cc3)c3cccc4c3ccc3c4c4ccccc4n3-c3ccccc3)cc21. The summed E-state index contributed by atoms with van der Waals surface area (Å²) >= 11 is 0. The van der Waals surface area contributed by atoms with E-state index in [1.165, 1.54) is 54.8 Å². The van der Waals surface area contributed by atoms with Crippen molar-refractivity contribution >= 4 is 60.7 Å². The minimum absolute atomic E-state index is 0.143. The molecule has 11 aromatic rings. The lowest BCUT2D eigenvalue weighted by atomic mass is 9.82. The number of benzene rings is 9. The molecule has 2 aromatic heterocycles. The first-order chi connectivity index (χ1) is 29.5. The minimum Gasteiger partial charge on any atom is -0.435 e. The van der Waals surface area contributed by atoms with Crippen LogP contribution in [-0.2, 0) is 5.41 Å². The average molecular weight is 770 g/mol. The Morgan fingerprint density at radius 2 is 1.17 bits per heavy atom. The van der Waals surface area contributed by atoms with Gasteiger partial charge in [-0.05, 0) is 106 Å². The van der Waals surface area contributed by atoms with Crippen LogP contribution in [0.1, 0.15) is 25.0 Å². The molecule has 12 rings (SSSR count). The van der Waals surface area contributed by atoms with Gasteiger partial charge in [-0.15, -0.1) is 0 Å². The van der Waals surface area contributed by atoms with Gasteiger partial charge >= 0.3 is 0 Å². The number of oxazole rings is 1. The summed E-state index contributed by atoms with van der Waals surface area (Å²) in [7, 11) is 0. The van der Waals surface area contributed by atoms with Crippen molar-refractivity contribution in [1.29, 1.82) is 0 Å². The van der Waals surface area contributed by atoms with Gasteiger partial charge in [0.05, 0.1) is 16.7 Å². The number of aromatic nitrogens is 2. The van der Waals surface area contributed by atoms with E-state index in [0.29, 0.717) is 5.89 Å². The lowest BCUT2D eigenvalue weighted by molar-refractivity contribution is 0.621. The Balaban J connectivity index is 1.06. The van der Waals surface area contributed by atoms with Crippen LogP contribution in [0.2, 0.25) is 0 Å². The third kappa shape index (κ3) is 5.14. The molecule has 0 bridgehead atoms. The molecule has 4 heteroatoms. The van der Waals surface area contributed by atoms with Crippen molar-refractivity contribution in [2.75, 3.05) is 4.90 Å². The first-order valence-corrected chi connectivity index (χ1v) is 20.6. The minimum atomic E-state index is -0.143. The van der Waals surface area contributed by atoms with Gasteiger partial charge in [-0.25, -0.2) is 4.98 Å². The third-order valence-electron chi connectivity index (χ3n) is 12.6. The van der Waals surface area contributed by atoms with Crippen LogP contribution >= 0.6 is 0 Å². The van der Waals surface area contributed by atoms with Gasteiger partial charge in [0.1, 0.15) is 5.52 Å². The number of para-hydroxylation sites is 3. The molecule has 60 heavy (non-hydrogen) atoms. The van der Waals surface area contributed by atoms with Crippen molar-refractivity contribution in [1.82, 2.24) is 9.55 Å². The van der Waals surface area contributed by atoms with E-state index in [2.05, 4.69) is 187 Å². The first kappa shape index (κ1) is 34.4. The van der Waals surface area contributed by atoms with Crippen LogP contribution in [0.15, 0.2) is 205 Å². The molecule has 0 saturated heterocycles. The zero-order valence-electron chi connectivity index (χ0n) is 33.3. The van der Waals surface area contributed by atoms with Gasteiger partial charge in [0.25, 0.3) is 0 Å². The van der Waals surface area contributed by atoms with Crippen LogP contribution in [0.4, 0.5) is 17.1 Å². The van der Waals surface area contributed by atoms with Crippen LogP contribution in [0.3, 0.4) is 0 Å². The Morgan fingerprint density at radius 3 is 2.02 bits per heavy atom. The second-order valence-electron chi connectivity index (χ2n) is 16.3. The summed E-state index contributed by atoms with van der Waals surface area (Å²) in [5, 5.41) is 4.90. The van der Waals surface area contributed by atoms with E-state index >= 15 is 0 Å². The van der Waals surface area contributed by atoms with Crippen LogP contribution < -0.4 is 4.90 Å². The highest BCUT2D eigenvalue weighted by atomic mass is 16.3. The molecule has 0 fully saturated rings. The zero-order valence-corrected chi connectivity index (χ0v) is 33.3. The van der Waals surface area contributed by atoms with E-state index in [-0.39, 0.29) is 5.41 Å². The summed E-state index contributed by atoms with van der Waals surface area (Å²) in [5.41, 5.74) is 16.7. The Bertz CT molecular complexity index is 3450. The summed E-state index contributed by atoms with van der Waals surface area (Å²) in [6.45, 7) is 4.70. The summed E-state index contributed by atoms with van der Waals surface area (Å²) in [6.07, 6.45) is 0. The number of nitrogens with zero attached hydrogens (tertiary/aromatic N) is 3. The third-order valence-corrected chi connectivity index (χ3v) is 12.6. The Labute approximate surface area is 348 Å². The number of fused-ring (bicyclic) bond motifs is 9. The van der Waals surface area contributed by atoms with Crippen molar-refractivity contribution in [2.45, 2.75) is 19.3 Å². The molecule has 0 amide bonds. The van der Waals surface area contributed by atoms with Gasteiger partial charge in [0, 0.05) is 49.8 Å². The van der Waals surface area contributed by atoms with Crippen LogP contribution in [0.5, 0.6) is 0 Å². The monoisotopic (exact) mass is 769 g/mol. The molecule has 9 aromatic carbocycles. The second-order valence-corrected chi connectivity index (χ2v) is 16.3. The van der Waals surface area contributed by atoms with E-state index < -0.39 is 0 Å². The van der Waals surface area contributed by atoms with E-state index in [4.69, 9.17) is 9.40 Å². The number of hydrogen-bond donors (Lipinski definition) is 0. The van der Waals surface area contributed by atoms with Crippen LogP contribution in [0, 0.1) is 0 Å². The highest BCUT2D eigenvalue weighted by molar-refractivity contribution is 6.23. The molecule has 1 aliphatic rings. The fourth-order valence-corrected chi connectivity index (χ4v) is 9.79. The fourth-order valence-electron chi connectivity index (χ4n) is 9.79. The van der Waals surface area contributed by atoms with Gasteiger partial charge in [-0.2, -0.15) is 0 Å². The maximum Gasteiger partial charge on any atom is 0.227 e. The first-order valence-electron chi connectivity index (χ1n) is 20.6. The van der Waals surface area contributed by atoms with E-state index in [1.807, 2.05) is 36.4 Å². The molecule has 0 N–H and O–H groups in total. The topological polar surface area (TPSA) is 34.2 Å². The van der Waals surface area contributed by atoms with Gasteiger partial charge in [-0.1, -0.05) is 141 Å². The molecule has 1 aliphatic carbocycles. The number of anilines is 3. The lowest BCUT2D eigenvalue weighted by Crippen LogP contribution is -2.16. The molecule has 0 spiro atoms. The molecule has 0 unspecified atom stereocenters. The molecule has 0 radical (unpaired) electrons. The van der Waals surface area contributed by atoms with Gasteiger partial charge in [0.15, 0.2) is 5.58 Å². The van der Waals surface area contributed by atoms with Gasteiger partial charge < -0.3 is 13.9 Å². The zero-order chi connectivity index (χ0) is 40.0. The predicted molar refractivity (Wildman–Crippen MR) is 249 cm³/mol. The quantitative estimate of drug-likeness (QED) is 0.169. The molecular formula is C56H39N3O. The summed E-state index contributed by atoms with van der Waals surface area (Å²) in [5.74, 6) is 0.625. The largest absolute Gasteiger partial charge is 0.435 e. The smallest absolute Gasteiger partial charge is 0.227 e. The molecule has 4 nitrogen and oxygen atoms in total. The Hall–Kier alpha value is -7.69.